The number of aliphatic hydroxyl groups excluding tert-OH is 1. The van der Waals surface area contributed by atoms with Crippen LogP contribution < -0.4 is 10.6 Å². The summed E-state index contributed by atoms with van der Waals surface area (Å²) in [7, 11) is 0. The first kappa shape index (κ1) is 20.7. The second-order valence-corrected chi connectivity index (χ2v) is 8.19. The fourth-order valence-corrected chi connectivity index (χ4v) is 3.80. The van der Waals surface area contributed by atoms with Crippen molar-refractivity contribution in [1.82, 2.24) is 10.6 Å². The summed E-state index contributed by atoms with van der Waals surface area (Å²) in [4.78, 5) is 25.6. The van der Waals surface area contributed by atoms with Gasteiger partial charge in [0.25, 0.3) is 17.5 Å². The molecular weight excluding hydrogens is 471 g/mol. The zero-order chi connectivity index (χ0) is 20.1. The third kappa shape index (κ3) is 3.32. The Morgan fingerprint density at radius 1 is 1.19 bits per heavy atom. The zero-order valence-electron chi connectivity index (χ0n) is 15.2. The second-order valence-electron chi connectivity index (χ2n) is 7.47. The quantitative estimate of drug-likeness (QED) is 0.401. The molecule has 4 saturated heterocycles. The van der Waals surface area contributed by atoms with Gasteiger partial charge in [-0.2, -0.15) is 0 Å². The molecule has 0 saturated carbocycles. The molecule has 0 aromatic heterocycles. The number of hydrogen-bond acceptors (Lipinski definition) is 7. The van der Waals surface area contributed by atoms with Gasteiger partial charge in [0.05, 0.1) is 13.2 Å². The number of halogens is 1. The van der Waals surface area contributed by atoms with E-state index in [2.05, 4.69) is 10.6 Å². The molecule has 4 rings (SSSR count). The highest BCUT2D eigenvalue weighted by atomic mass is 127. The summed E-state index contributed by atoms with van der Waals surface area (Å²) in [5.74, 6) is -2.72. The van der Waals surface area contributed by atoms with Crippen molar-refractivity contribution < 1.29 is 34.0 Å². The molecule has 10 heteroatoms. The highest BCUT2D eigenvalue weighted by molar-refractivity contribution is 14.1. The number of allylic oxidation sites excluding steroid dienone is 2. The number of piperazine rings is 1. The molecule has 4 fully saturated rings. The van der Waals surface area contributed by atoms with E-state index >= 15 is 0 Å². The van der Waals surface area contributed by atoms with E-state index in [0.717, 1.165) is 0 Å². The van der Waals surface area contributed by atoms with E-state index in [4.69, 9.17) is 14.2 Å². The van der Waals surface area contributed by atoms with Crippen molar-refractivity contribution in [1.29, 1.82) is 0 Å². The summed E-state index contributed by atoms with van der Waals surface area (Å²) in [6.45, 7) is 4.91. The monoisotopic (exact) mass is 494 g/mol. The average Bonchev–Trinajstić information content (AvgIpc) is 2.87. The summed E-state index contributed by atoms with van der Waals surface area (Å²) in [5.41, 5.74) is -5.36. The summed E-state index contributed by atoms with van der Waals surface area (Å²) in [6.07, 6.45) is 1.78. The standard InChI is InChI=1S/C17H23IN2O7/c1-14(2)26-9-15(3,27-14)11(21)17-13(23)19-16(24,12(22)20-17)10(5-4-7-18)6-8-25-17/h4-5,7,11,21,24H,6,8-9H2,1-3H3,(H,19,23)(H,20,22)/b7-4-,10-5+/t11-,15-,16+,17-/m0/s1. The highest BCUT2D eigenvalue weighted by Crippen LogP contribution is 2.40. The van der Waals surface area contributed by atoms with Gasteiger partial charge in [-0.15, -0.1) is 0 Å². The molecule has 4 aliphatic heterocycles. The minimum Gasteiger partial charge on any atom is -0.384 e. The maximum Gasteiger partial charge on any atom is 0.280 e. The highest BCUT2D eigenvalue weighted by Gasteiger charge is 2.65. The number of aliphatic hydroxyl groups is 2. The molecule has 0 aromatic carbocycles. The third-order valence-corrected chi connectivity index (χ3v) is 5.36. The molecule has 4 heterocycles. The lowest BCUT2D eigenvalue weighted by Gasteiger charge is -2.50. The van der Waals surface area contributed by atoms with Crippen LogP contribution in [0.3, 0.4) is 0 Å². The summed E-state index contributed by atoms with van der Waals surface area (Å²) in [6, 6.07) is 0. The van der Waals surface area contributed by atoms with Crippen LogP contribution in [0.15, 0.2) is 21.8 Å². The van der Waals surface area contributed by atoms with Crippen molar-refractivity contribution in [3.8, 4) is 0 Å². The third-order valence-electron chi connectivity index (χ3n) is 4.94. The minimum absolute atomic E-state index is 0.00564. The van der Waals surface area contributed by atoms with Gasteiger partial charge in [0, 0.05) is 0 Å². The van der Waals surface area contributed by atoms with Gasteiger partial charge in [0.15, 0.2) is 5.79 Å². The smallest absolute Gasteiger partial charge is 0.280 e. The maximum absolute atomic E-state index is 12.9. The molecule has 0 aromatic rings. The summed E-state index contributed by atoms with van der Waals surface area (Å²) < 4.78 is 18.7. The van der Waals surface area contributed by atoms with Crippen LogP contribution in [0.25, 0.3) is 0 Å². The summed E-state index contributed by atoms with van der Waals surface area (Å²) in [5, 5.41) is 26.5. The average molecular weight is 494 g/mol. The fourth-order valence-electron chi connectivity index (χ4n) is 3.59. The Kier molecular flexibility index (Phi) is 5.19. The van der Waals surface area contributed by atoms with Gasteiger partial charge in [-0.1, -0.05) is 34.7 Å². The van der Waals surface area contributed by atoms with Crippen LogP contribution in [-0.2, 0) is 23.8 Å². The van der Waals surface area contributed by atoms with Crippen LogP contribution in [0.5, 0.6) is 0 Å². The van der Waals surface area contributed by atoms with E-state index in [-0.39, 0.29) is 25.2 Å². The Balaban J connectivity index is 1.97. The summed E-state index contributed by atoms with van der Waals surface area (Å²) >= 11 is 2.00. The van der Waals surface area contributed by atoms with E-state index in [1.807, 2.05) is 22.6 Å². The molecule has 4 atom stereocenters. The van der Waals surface area contributed by atoms with Gasteiger partial charge in [-0.25, -0.2) is 0 Å². The number of hydrogen-bond donors (Lipinski definition) is 4. The maximum atomic E-state index is 12.9. The molecule has 9 nitrogen and oxygen atoms in total. The molecule has 150 valence electrons. The Morgan fingerprint density at radius 3 is 2.48 bits per heavy atom. The zero-order valence-corrected chi connectivity index (χ0v) is 17.4. The number of fused-ring (bicyclic) bond motifs is 5. The SMILES string of the molecule is CC1(C)OC[C@@](C)([C@H](O)[C@@]23NC(=O)[C@@](O)(NC2=O)/C(=C/C=C\I)CCO3)O1. The van der Waals surface area contributed by atoms with Gasteiger partial charge in [-0.05, 0) is 36.8 Å². The fraction of sp³-hybridized carbons (Fsp3) is 0.647. The molecule has 0 spiro atoms. The Labute approximate surface area is 170 Å². The molecule has 4 N–H and O–H groups in total. The van der Waals surface area contributed by atoms with E-state index in [1.54, 1.807) is 37.0 Å². The van der Waals surface area contributed by atoms with Crippen molar-refractivity contribution in [2.45, 2.75) is 56.1 Å². The van der Waals surface area contributed by atoms with Crippen LogP contribution in [0.4, 0.5) is 0 Å². The Morgan fingerprint density at radius 2 is 1.89 bits per heavy atom. The number of rotatable bonds is 3. The first-order valence-electron chi connectivity index (χ1n) is 8.49. The van der Waals surface area contributed by atoms with Gasteiger partial charge in [0.2, 0.25) is 5.72 Å². The number of carbonyl (C=O) groups excluding carboxylic acids is 2. The predicted octanol–water partition coefficient (Wildman–Crippen LogP) is -0.185. The molecule has 2 bridgehead atoms. The van der Waals surface area contributed by atoms with E-state index in [0.29, 0.717) is 0 Å². The van der Waals surface area contributed by atoms with Crippen molar-refractivity contribution in [3.05, 3.63) is 21.8 Å². The number of ether oxygens (including phenoxy) is 3. The molecule has 27 heavy (non-hydrogen) atoms. The first-order valence-corrected chi connectivity index (χ1v) is 9.74. The van der Waals surface area contributed by atoms with Crippen LogP contribution in [0.2, 0.25) is 0 Å². The molecule has 0 radical (unpaired) electrons. The largest absolute Gasteiger partial charge is 0.384 e. The van der Waals surface area contributed by atoms with Crippen LogP contribution in [0, 0.1) is 0 Å². The molecule has 4 aliphatic rings. The predicted molar refractivity (Wildman–Crippen MR) is 101 cm³/mol. The lowest BCUT2D eigenvalue weighted by atomic mass is 9.84. The van der Waals surface area contributed by atoms with Crippen molar-refractivity contribution in [2.24, 2.45) is 0 Å². The van der Waals surface area contributed by atoms with Gasteiger partial charge >= 0.3 is 0 Å². The van der Waals surface area contributed by atoms with Crippen molar-refractivity contribution in [3.63, 3.8) is 0 Å². The number of nitrogens with one attached hydrogen (secondary N) is 2. The minimum atomic E-state index is -2.21. The van der Waals surface area contributed by atoms with Gasteiger partial charge in [-0.3, -0.25) is 9.59 Å². The van der Waals surface area contributed by atoms with Crippen LogP contribution in [-0.4, -0.2) is 64.2 Å². The van der Waals surface area contributed by atoms with E-state index in [9.17, 15) is 19.8 Å². The molecule has 0 unspecified atom stereocenters. The lowest BCUT2D eigenvalue weighted by molar-refractivity contribution is -0.240. The van der Waals surface area contributed by atoms with E-state index < -0.39 is 40.8 Å². The van der Waals surface area contributed by atoms with Crippen LogP contribution in [0.1, 0.15) is 27.2 Å². The Bertz CT molecular complexity index is 724. The van der Waals surface area contributed by atoms with Gasteiger partial charge in [0.1, 0.15) is 11.7 Å². The molecular formula is C17H23IN2O7. The van der Waals surface area contributed by atoms with Gasteiger partial charge < -0.3 is 35.1 Å². The number of carbonyl (C=O) groups is 2. The molecule has 2 amide bonds. The van der Waals surface area contributed by atoms with Crippen molar-refractivity contribution >= 4 is 34.4 Å². The first-order chi connectivity index (χ1) is 12.5. The second kappa shape index (κ2) is 6.78. The topological polar surface area (TPSA) is 126 Å². The van der Waals surface area contributed by atoms with Crippen molar-refractivity contribution in [2.75, 3.05) is 13.2 Å². The number of amides is 2. The van der Waals surface area contributed by atoms with Crippen LogP contribution >= 0.6 is 22.6 Å². The normalized spacial score (nSPS) is 41.3. The lowest BCUT2D eigenvalue weighted by Crippen LogP contribution is -2.82. The molecule has 0 aliphatic carbocycles. The van der Waals surface area contributed by atoms with E-state index in [1.165, 1.54) is 0 Å². The Hall–Kier alpha value is -1.05.